The predicted octanol–water partition coefficient (Wildman–Crippen LogP) is 6.45. The third kappa shape index (κ3) is 5.71. The normalized spacial score (nSPS) is 13.5. The third-order valence-corrected chi connectivity index (χ3v) is 3.62. The van der Waals surface area contributed by atoms with Gasteiger partial charge in [0.25, 0.3) is 0 Å². The monoisotopic (exact) mass is 305 g/mol. The number of nitrogens with zero attached hydrogens (tertiary/aromatic N) is 1. The van der Waals surface area contributed by atoms with Crippen LogP contribution < -0.4 is 0 Å². The first-order chi connectivity index (χ1) is 11.0. The molecule has 1 nitrogen and oxygen atoms in total. The first kappa shape index (κ1) is 18.6. The number of rotatable bonds is 7. The van der Waals surface area contributed by atoms with Gasteiger partial charge >= 0.3 is 0 Å². The number of aryl methyl sites for hydroxylation is 1. The molecule has 0 unspecified atom stereocenters. The van der Waals surface area contributed by atoms with E-state index in [4.69, 9.17) is 0 Å². The number of allylic oxidation sites excluding steroid dienone is 5. The molecule has 1 rings (SSSR count). The Kier molecular flexibility index (Phi) is 7.76. The van der Waals surface area contributed by atoms with Crippen LogP contribution in [0, 0.1) is 6.92 Å². The molecule has 0 aliphatic rings. The van der Waals surface area contributed by atoms with E-state index in [0.29, 0.717) is 0 Å². The summed E-state index contributed by atoms with van der Waals surface area (Å²) in [4.78, 5) is 4.66. The lowest BCUT2D eigenvalue weighted by atomic mass is 10.0. The van der Waals surface area contributed by atoms with E-state index < -0.39 is 0 Å². The lowest BCUT2D eigenvalue weighted by Gasteiger charge is -2.07. The minimum absolute atomic E-state index is 0.727. The lowest BCUT2D eigenvalue weighted by Crippen LogP contribution is -1.96. The Morgan fingerprint density at radius 3 is 2.48 bits per heavy atom. The van der Waals surface area contributed by atoms with E-state index in [0.717, 1.165) is 34.5 Å². The van der Waals surface area contributed by atoms with Crippen molar-refractivity contribution in [2.75, 3.05) is 0 Å². The molecule has 0 bridgehead atoms. The summed E-state index contributed by atoms with van der Waals surface area (Å²) in [6, 6.07) is 8.25. The van der Waals surface area contributed by atoms with Gasteiger partial charge in [-0.25, -0.2) is 0 Å². The Labute approximate surface area is 141 Å². The van der Waals surface area contributed by atoms with Crippen molar-refractivity contribution in [1.82, 2.24) is 0 Å². The predicted molar refractivity (Wildman–Crippen MR) is 105 cm³/mol. The molecule has 1 aromatic rings. The molecule has 0 fully saturated rings. The average molecular weight is 305 g/mol. The average Bonchev–Trinajstić information content (AvgIpc) is 2.54. The van der Waals surface area contributed by atoms with Crippen LogP contribution in [-0.4, -0.2) is 5.71 Å². The van der Waals surface area contributed by atoms with Crippen LogP contribution in [0.1, 0.15) is 38.3 Å². The summed E-state index contributed by atoms with van der Waals surface area (Å²) in [6.07, 6.45) is 11.2. The van der Waals surface area contributed by atoms with E-state index in [1.54, 1.807) is 0 Å². The van der Waals surface area contributed by atoms with Crippen molar-refractivity contribution in [3.63, 3.8) is 0 Å². The van der Waals surface area contributed by atoms with Crippen molar-refractivity contribution < 1.29 is 0 Å². The van der Waals surface area contributed by atoms with Crippen molar-refractivity contribution in [3.8, 4) is 0 Å². The topological polar surface area (TPSA) is 12.4 Å². The van der Waals surface area contributed by atoms with Gasteiger partial charge in [0.15, 0.2) is 0 Å². The highest BCUT2D eigenvalue weighted by atomic mass is 14.8. The van der Waals surface area contributed by atoms with Crippen molar-refractivity contribution in [1.29, 1.82) is 0 Å². The maximum atomic E-state index is 4.66. The summed E-state index contributed by atoms with van der Waals surface area (Å²) in [5, 5.41) is 0. The molecule has 0 saturated heterocycles. The molecule has 1 heteroatoms. The zero-order valence-corrected chi connectivity index (χ0v) is 14.8. The van der Waals surface area contributed by atoms with Gasteiger partial charge in [-0.05, 0) is 55.5 Å². The maximum absolute atomic E-state index is 4.66. The van der Waals surface area contributed by atoms with Gasteiger partial charge in [-0.3, -0.25) is 4.99 Å². The summed E-state index contributed by atoms with van der Waals surface area (Å²) >= 11 is 0. The summed E-state index contributed by atoms with van der Waals surface area (Å²) in [6.45, 7) is 16.3. The Balaban J connectivity index is 3.10. The van der Waals surface area contributed by atoms with Crippen LogP contribution >= 0.6 is 0 Å². The molecule has 0 amide bonds. The SMILES string of the molecule is C=C/C(=C\c1ccccc1C)C(=C)N=C(C)C(/C=C\CC)=C/C. The molecule has 0 atom stereocenters. The summed E-state index contributed by atoms with van der Waals surface area (Å²) < 4.78 is 0. The van der Waals surface area contributed by atoms with Crippen molar-refractivity contribution >= 4 is 11.8 Å². The quantitative estimate of drug-likeness (QED) is 0.405. The first-order valence-corrected chi connectivity index (χ1v) is 8.01. The van der Waals surface area contributed by atoms with Gasteiger partial charge in [0, 0.05) is 5.71 Å². The highest BCUT2D eigenvalue weighted by Gasteiger charge is 2.02. The number of aliphatic imine (C=N–C) groups is 1. The van der Waals surface area contributed by atoms with Crippen LogP contribution in [-0.2, 0) is 0 Å². The fourth-order valence-corrected chi connectivity index (χ4v) is 2.18. The van der Waals surface area contributed by atoms with Crippen LogP contribution in [0.5, 0.6) is 0 Å². The van der Waals surface area contributed by atoms with E-state index in [1.807, 2.05) is 32.1 Å². The largest absolute Gasteiger partial charge is 0.253 e. The summed E-state index contributed by atoms with van der Waals surface area (Å²) in [5.74, 6) is 0. The zero-order chi connectivity index (χ0) is 17.2. The van der Waals surface area contributed by atoms with Gasteiger partial charge in [0.05, 0.1) is 5.70 Å². The van der Waals surface area contributed by atoms with E-state index in [-0.39, 0.29) is 0 Å². The van der Waals surface area contributed by atoms with Gasteiger partial charge in [0.2, 0.25) is 0 Å². The molecule has 0 radical (unpaired) electrons. The Morgan fingerprint density at radius 2 is 1.91 bits per heavy atom. The number of hydrogen-bond donors (Lipinski definition) is 0. The molecule has 0 aliphatic heterocycles. The van der Waals surface area contributed by atoms with E-state index in [2.05, 4.69) is 68.4 Å². The molecular formula is C22H27N. The van der Waals surface area contributed by atoms with Gasteiger partial charge in [-0.2, -0.15) is 0 Å². The van der Waals surface area contributed by atoms with Crippen LogP contribution in [0.4, 0.5) is 0 Å². The second-order valence-corrected chi connectivity index (χ2v) is 5.36. The second-order valence-electron chi connectivity index (χ2n) is 5.36. The van der Waals surface area contributed by atoms with Gasteiger partial charge < -0.3 is 0 Å². The molecule has 1 aromatic carbocycles. The van der Waals surface area contributed by atoms with E-state index in [1.165, 1.54) is 5.56 Å². The minimum Gasteiger partial charge on any atom is -0.253 e. The van der Waals surface area contributed by atoms with E-state index >= 15 is 0 Å². The maximum Gasteiger partial charge on any atom is 0.0633 e. The minimum atomic E-state index is 0.727. The fraction of sp³-hybridized carbons (Fsp3) is 0.227. The molecule has 0 N–H and O–H groups in total. The van der Waals surface area contributed by atoms with Crippen molar-refractivity contribution in [3.05, 3.63) is 89.7 Å². The number of hydrogen-bond acceptors (Lipinski definition) is 1. The lowest BCUT2D eigenvalue weighted by molar-refractivity contribution is 1.22. The third-order valence-electron chi connectivity index (χ3n) is 3.62. The molecule has 0 aliphatic carbocycles. The molecule has 0 aromatic heterocycles. The molecule has 120 valence electrons. The highest BCUT2D eigenvalue weighted by Crippen LogP contribution is 2.19. The van der Waals surface area contributed by atoms with Crippen LogP contribution in [0.2, 0.25) is 0 Å². The van der Waals surface area contributed by atoms with Gasteiger partial charge in [-0.1, -0.05) is 68.7 Å². The highest BCUT2D eigenvalue weighted by molar-refractivity contribution is 6.01. The summed E-state index contributed by atoms with van der Waals surface area (Å²) in [5.41, 5.74) is 6.12. The molecular weight excluding hydrogens is 278 g/mol. The molecule has 23 heavy (non-hydrogen) atoms. The van der Waals surface area contributed by atoms with Gasteiger partial charge in [-0.15, -0.1) is 0 Å². The van der Waals surface area contributed by atoms with E-state index in [9.17, 15) is 0 Å². The number of benzene rings is 1. The van der Waals surface area contributed by atoms with Crippen LogP contribution in [0.25, 0.3) is 6.08 Å². The fourth-order valence-electron chi connectivity index (χ4n) is 2.18. The van der Waals surface area contributed by atoms with Crippen molar-refractivity contribution in [2.24, 2.45) is 4.99 Å². The Hall–Kier alpha value is -2.41. The van der Waals surface area contributed by atoms with Crippen molar-refractivity contribution in [2.45, 2.75) is 34.1 Å². The molecule has 0 heterocycles. The zero-order valence-electron chi connectivity index (χ0n) is 14.8. The second kappa shape index (κ2) is 9.58. The van der Waals surface area contributed by atoms with Gasteiger partial charge in [0.1, 0.15) is 0 Å². The first-order valence-electron chi connectivity index (χ1n) is 8.01. The van der Waals surface area contributed by atoms with Crippen LogP contribution in [0.15, 0.2) is 83.6 Å². The van der Waals surface area contributed by atoms with Crippen LogP contribution in [0.3, 0.4) is 0 Å². The molecule has 0 saturated carbocycles. The Morgan fingerprint density at radius 1 is 1.22 bits per heavy atom. The smallest absolute Gasteiger partial charge is 0.0633 e. The Bertz CT molecular complexity index is 682. The standard InChI is InChI=1S/C22H27N/c1-7-10-14-20(8-2)18(5)23-19(6)21(9-3)16-22-15-12-11-13-17(22)4/h8-16H,3,6-7H2,1-2,4-5H3/b14-10-,20-8+,21-16+,23-18?. The molecule has 0 spiro atoms. The summed E-state index contributed by atoms with van der Waals surface area (Å²) in [7, 11) is 0.